The fourth-order valence-electron chi connectivity index (χ4n) is 6.03. The summed E-state index contributed by atoms with van der Waals surface area (Å²) in [5, 5.41) is 5.83. The number of guanidine groups is 1. The van der Waals surface area contributed by atoms with Crippen molar-refractivity contribution in [2.45, 2.75) is 0 Å². The molecule has 0 atom stereocenters. The van der Waals surface area contributed by atoms with Gasteiger partial charge in [-0.05, 0) is 72.8 Å². The first-order valence-electron chi connectivity index (χ1n) is 13.4. The number of hydrogen-bond acceptors (Lipinski definition) is 5. The van der Waals surface area contributed by atoms with E-state index < -0.39 is 5.83 Å². The molecule has 5 heterocycles. The molecule has 12 heteroatoms. The number of nitrogens with zero attached hydrogens (tertiary/aromatic N) is 7. The molecule has 0 N–H and O–H groups in total. The highest BCUT2D eigenvalue weighted by Gasteiger charge is 2.34. The average molecular weight is 657 g/mol. The quantitative estimate of drug-likeness (QED) is 0.161. The van der Waals surface area contributed by atoms with Crippen molar-refractivity contribution in [3.63, 3.8) is 0 Å². The van der Waals surface area contributed by atoms with Crippen molar-refractivity contribution in [1.29, 1.82) is 0 Å². The summed E-state index contributed by atoms with van der Waals surface area (Å²) in [7, 11) is 0. The van der Waals surface area contributed by atoms with Gasteiger partial charge in [-0.3, -0.25) is 9.13 Å². The van der Waals surface area contributed by atoms with E-state index in [9.17, 15) is 0 Å². The first kappa shape index (κ1) is 26.0. The van der Waals surface area contributed by atoms with Crippen LogP contribution in [0.1, 0.15) is 0 Å². The van der Waals surface area contributed by atoms with E-state index in [2.05, 4.69) is 0 Å². The summed E-state index contributed by atoms with van der Waals surface area (Å²) >= 11 is 25.5. The number of amidine groups is 1. The Hall–Kier alpha value is -4.47. The number of fused-ring (bicyclic) bond motifs is 6. The van der Waals surface area contributed by atoms with E-state index in [0.717, 1.165) is 43.6 Å². The Morgan fingerprint density at radius 1 is 0.477 bits per heavy atom. The lowest BCUT2D eigenvalue weighted by Crippen LogP contribution is -2.43. The Morgan fingerprint density at radius 3 is 1.34 bits per heavy atom. The second-order valence-corrected chi connectivity index (χ2v) is 12.1. The lowest BCUT2D eigenvalue weighted by molar-refractivity contribution is 0.629. The average Bonchev–Trinajstić information content (AvgIpc) is 3.48. The second kappa shape index (κ2) is 9.27. The molecule has 0 amide bonds. The van der Waals surface area contributed by atoms with Crippen LogP contribution in [0.15, 0.2) is 117 Å². The van der Waals surface area contributed by atoms with Crippen LogP contribution in [0.4, 0.5) is 4.39 Å². The molecular formula is C32H14Cl4FN7. The Morgan fingerprint density at radius 2 is 0.886 bits per heavy atom. The maximum atomic E-state index is 15.1. The first-order chi connectivity index (χ1) is 21.3. The van der Waals surface area contributed by atoms with Crippen molar-refractivity contribution >= 4 is 114 Å². The van der Waals surface area contributed by atoms with Gasteiger partial charge in [0.15, 0.2) is 0 Å². The molecular weight excluding hydrogens is 643 g/mol. The SMILES string of the molecule is FC1=CC2=NC(n3c4ccc(Cl)cc4c4cc(Cl)ccc43)=NC3=NC(n4c5ccc(Cl)cc5c5cc(Cl)ccc54)=NC(=C1)N23. The van der Waals surface area contributed by atoms with E-state index in [0.29, 0.717) is 43.7 Å². The molecule has 0 spiro atoms. The van der Waals surface area contributed by atoms with Gasteiger partial charge in [-0.1, -0.05) is 46.4 Å². The number of aliphatic imine (C=N–C) groups is 4. The van der Waals surface area contributed by atoms with Crippen LogP contribution < -0.4 is 0 Å². The van der Waals surface area contributed by atoms with Crippen LogP contribution in [0.5, 0.6) is 0 Å². The summed E-state index contributed by atoms with van der Waals surface area (Å²) in [6, 6.07) is 22.3. The monoisotopic (exact) mass is 655 g/mol. The molecule has 0 fully saturated rings. The van der Waals surface area contributed by atoms with Gasteiger partial charge in [-0.15, -0.1) is 0 Å². The third kappa shape index (κ3) is 3.75. The van der Waals surface area contributed by atoms with Crippen LogP contribution in [0, 0.1) is 0 Å². The molecule has 44 heavy (non-hydrogen) atoms. The van der Waals surface area contributed by atoms with Crippen molar-refractivity contribution in [2.75, 3.05) is 0 Å². The third-order valence-electron chi connectivity index (χ3n) is 7.80. The predicted octanol–water partition coefficient (Wildman–Crippen LogP) is 9.42. The van der Waals surface area contributed by atoms with E-state index in [4.69, 9.17) is 66.4 Å². The third-order valence-corrected chi connectivity index (χ3v) is 8.74. The van der Waals surface area contributed by atoms with E-state index >= 15 is 4.39 Å². The van der Waals surface area contributed by atoms with Crippen molar-refractivity contribution in [2.24, 2.45) is 20.0 Å². The summed E-state index contributed by atoms with van der Waals surface area (Å²) in [4.78, 5) is 21.0. The smallest absolute Gasteiger partial charge is 0.243 e. The standard InChI is InChI=1S/C32H14Cl4FN7/c33-15-1-5-24-20(9-15)21-10-16(34)2-6-25(21)42(24)30-38-28-13-19(37)14-29-39-31(41-32(40-30)44(28)29)43-26-7-3-17(35)11-22(26)23-12-18(36)4-8-27(23)43/h1-14H. The zero-order valence-electron chi connectivity index (χ0n) is 22.1. The lowest BCUT2D eigenvalue weighted by Gasteiger charge is -2.32. The minimum Gasteiger partial charge on any atom is -0.278 e. The van der Waals surface area contributed by atoms with Gasteiger partial charge in [-0.25, -0.2) is 9.29 Å². The van der Waals surface area contributed by atoms with Gasteiger partial charge < -0.3 is 0 Å². The van der Waals surface area contributed by atoms with Crippen molar-refractivity contribution in [3.05, 3.63) is 117 Å². The van der Waals surface area contributed by atoms with E-state index in [1.54, 1.807) is 29.2 Å². The molecule has 0 aliphatic carbocycles. The van der Waals surface area contributed by atoms with Crippen molar-refractivity contribution in [1.82, 2.24) is 14.0 Å². The number of rotatable bonds is 0. The van der Waals surface area contributed by atoms with Crippen molar-refractivity contribution < 1.29 is 4.39 Å². The maximum absolute atomic E-state index is 15.1. The molecule has 0 radical (unpaired) electrons. The highest BCUT2D eigenvalue weighted by Crippen LogP contribution is 2.37. The number of halogens is 5. The zero-order valence-corrected chi connectivity index (χ0v) is 25.1. The van der Waals surface area contributed by atoms with Gasteiger partial charge in [0, 0.05) is 53.8 Å². The molecule has 6 aromatic rings. The summed E-state index contributed by atoms with van der Waals surface area (Å²) in [5.41, 5.74) is 3.22. The molecule has 212 valence electrons. The van der Waals surface area contributed by atoms with Gasteiger partial charge in [-0.2, -0.15) is 20.0 Å². The van der Waals surface area contributed by atoms with Gasteiger partial charge in [0.2, 0.25) is 17.9 Å². The molecule has 9 rings (SSSR count). The Balaban J connectivity index is 1.32. The molecule has 7 nitrogen and oxygen atoms in total. The molecule has 0 unspecified atom stereocenters. The number of benzene rings is 4. The Kier molecular flexibility index (Phi) is 5.47. The highest BCUT2D eigenvalue weighted by atomic mass is 35.5. The van der Waals surface area contributed by atoms with Crippen LogP contribution in [0.3, 0.4) is 0 Å². The summed E-state index contributed by atoms with van der Waals surface area (Å²) in [5.74, 6) is 0.970. The minimum atomic E-state index is -0.498. The largest absolute Gasteiger partial charge is 0.278 e. The van der Waals surface area contributed by atoms with Gasteiger partial charge in [0.1, 0.15) is 17.5 Å². The van der Waals surface area contributed by atoms with Crippen LogP contribution in [-0.2, 0) is 0 Å². The number of aromatic nitrogens is 2. The van der Waals surface area contributed by atoms with E-state index in [-0.39, 0.29) is 5.96 Å². The molecule has 2 aromatic heterocycles. The van der Waals surface area contributed by atoms with Crippen molar-refractivity contribution in [3.8, 4) is 0 Å². The molecule has 0 bridgehead atoms. The van der Waals surface area contributed by atoms with Gasteiger partial charge in [0.25, 0.3) is 0 Å². The molecule has 0 saturated heterocycles. The maximum Gasteiger partial charge on any atom is 0.243 e. The molecule has 0 saturated carbocycles. The topological polar surface area (TPSA) is 62.5 Å². The molecule has 3 aliphatic heterocycles. The summed E-state index contributed by atoms with van der Waals surface area (Å²) in [6.45, 7) is 0. The van der Waals surface area contributed by atoms with Gasteiger partial charge in [0.05, 0.1) is 22.1 Å². The minimum absolute atomic E-state index is 0.279. The van der Waals surface area contributed by atoms with Crippen LogP contribution in [0.2, 0.25) is 20.1 Å². The molecule has 3 aliphatic rings. The molecule has 4 aromatic carbocycles. The summed E-state index contributed by atoms with van der Waals surface area (Å²) in [6.07, 6.45) is 2.67. The number of allylic oxidation sites excluding steroid dienone is 2. The fourth-order valence-corrected chi connectivity index (χ4v) is 6.72. The normalized spacial score (nSPS) is 16.2. The Bertz CT molecular complexity index is 2270. The number of hydrogen-bond donors (Lipinski definition) is 0. The lowest BCUT2D eigenvalue weighted by atomic mass is 10.1. The van der Waals surface area contributed by atoms with Crippen LogP contribution in [-0.4, -0.2) is 37.7 Å². The van der Waals surface area contributed by atoms with E-state index in [1.807, 2.05) is 57.7 Å². The fraction of sp³-hybridized carbons (Fsp3) is 0. The summed E-state index contributed by atoms with van der Waals surface area (Å²) < 4.78 is 18.9. The van der Waals surface area contributed by atoms with Crippen LogP contribution >= 0.6 is 46.4 Å². The second-order valence-electron chi connectivity index (χ2n) is 10.4. The first-order valence-corrected chi connectivity index (χ1v) is 14.9. The van der Waals surface area contributed by atoms with Gasteiger partial charge >= 0.3 is 0 Å². The van der Waals surface area contributed by atoms with E-state index in [1.165, 1.54) is 12.2 Å². The van der Waals surface area contributed by atoms with Crippen LogP contribution in [0.25, 0.3) is 43.6 Å². The highest BCUT2D eigenvalue weighted by molar-refractivity contribution is 6.35. The Labute approximate surface area is 267 Å². The zero-order chi connectivity index (χ0) is 29.9. The predicted molar refractivity (Wildman–Crippen MR) is 179 cm³/mol.